The molecule has 0 bridgehead atoms. The van der Waals surface area contributed by atoms with Gasteiger partial charge < -0.3 is 4.74 Å². The normalized spacial score (nSPS) is 20.8. The van der Waals surface area contributed by atoms with Crippen molar-refractivity contribution >= 4 is 16.0 Å². The number of nitrogens with one attached hydrogen (secondary N) is 1. The number of carbonyl (C=O) groups excluding carboxylic acids is 1. The van der Waals surface area contributed by atoms with Crippen molar-refractivity contribution in [2.45, 2.75) is 17.4 Å². The third-order valence-corrected chi connectivity index (χ3v) is 3.77. The van der Waals surface area contributed by atoms with Gasteiger partial charge in [-0.15, -0.1) is 0 Å². The molecule has 1 atom stereocenters. The average Bonchev–Trinajstić information content (AvgIpc) is 2.65. The maximum absolute atomic E-state index is 11.8. The number of benzene rings is 1. The zero-order valence-corrected chi connectivity index (χ0v) is 9.24. The molecule has 0 aliphatic carbocycles. The van der Waals surface area contributed by atoms with Crippen molar-refractivity contribution in [3.8, 4) is 0 Å². The molecular formula is C10H11NO4S. The fourth-order valence-corrected chi connectivity index (χ4v) is 2.70. The molecular weight excluding hydrogens is 230 g/mol. The monoisotopic (exact) mass is 241 g/mol. The Morgan fingerprint density at radius 2 is 1.94 bits per heavy atom. The molecule has 0 saturated carbocycles. The van der Waals surface area contributed by atoms with Crippen LogP contribution in [0.2, 0.25) is 0 Å². The number of ether oxygens (including phenoxy) is 1. The minimum Gasteiger partial charge on any atom is -0.464 e. The van der Waals surface area contributed by atoms with Crippen LogP contribution in [0.15, 0.2) is 35.2 Å². The van der Waals surface area contributed by atoms with E-state index in [1.165, 1.54) is 12.1 Å². The lowest BCUT2D eigenvalue weighted by molar-refractivity contribution is -0.139. The molecule has 1 fully saturated rings. The van der Waals surface area contributed by atoms with Crippen molar-refractivity contribution in [3.05, 3.63) is 30.3 Å². The maximum atomic E-state index is 11.8. The second-order valence-electron chi connectivity index (χ2n) is 3.44. The molecule has 0 spiro atoms. The van der Waals surface area contributed by atoms with E-state index in [0.29, 0.717) is 6.42 Å². The van der Waals surface area contributed by atoms with Crippen LogP contribution in [0.4, 0.5) is 0 Å². The predicted molar refractivity (Wildman–Crippen MR) is 56.1 cm³/mol. The van der Waals surface area contributed by atoms with E-state index in [-0.39, 0.29) is 11.5 Å². The van der Waals surface area contributed by atoms with E-state index in [2.05, 4.69) is 9.46 Å². The van der Waals surface area contributed by atoms with Crippen molar-refractivity contribution < 1.29 is 17.9 Å². The molecule has 16 heavy (non-hydrogen) atoms. The third kappa shape index (κ3) is 2.23. The van der Waals surface area contributed by atoms with Crippen LogP contribution in [0.25, 0.3) is 0 Å². The Bertz CT molecular complexity index is 483. The third-order valence-electron chi connectivity index (χ3n) is 2.29. The van der Waals surface area contributed by atoms with Gasteiger partial charge in [-0.3, -0.25) is 4.79 Å². The van der Waals surface area contributed by atoms with Gasteiger partial charge in [0.25, 0.3) is 0 Å². The van der Waals surface area contributed by atoms with Crippen molar-refractivity contribution in [1.29, 1.82) is 0 Å². The van der Waals surface area contributed by atoms with E-state index in [4.69, 9.17) is 0 Å². The van der Waals surface area contributed by atoms with E-state index in [1.807, 2.05) is 0 Å². The summed E-state index contributed by atoms with van der Waals surface area (Å²) >= 11 is 0. The number of hydrogen-bond donors (Lipinski definition) is 1. The van der Waals surface area contributed by atoms with Crippen LogP contribution in [0.5, 0.6) is 0 Å². The SMILES string of the molecule is O=C1OCCC1NS(=O)(=O)c1ccccc1. The molecule has 1 aliphatic heterocycles. The topological polar surface area (TPSA) is 72.5 Å². The molecule has 0 amide bonds. The fourth-order valence-electron chi connectivity index (χ4n) is 1.46. The number of cyclic esters (lactones) is 1. The smallest absolute Gasteiger partial charge is 0.324 e. The summed E-state index contributed by atoms with van der Waals surface area (Å²) in [4.78, 5) is 11.3. The van der Waals surface area contributed by atoms with E-state index in [1.54, 1.807) is 18.2 Å². The molecule has 1 heterocycles. The van der Waals surface area contributed by atoms with Crippen LogP contribution in [-0.2, 0) is 19.6 Å². The van der Waals surface area contributed by atoms with Crippen LogP contribution in [0.1, 0.15) is 6.42 Å². The summed E-state index contributed by atoms with van der Waals surface area (Å²) in [5.74, 6) is -0.514. The number of esters is 1. The summed E-state index contributed by atoms with van der Waals surface area (Å²) in [6.45, 7) is 0.265. The summed E-state index contributed by atoms with van der Waals surface area (Å²) < 4.78 is 30.6. The summed E-state index contributed by atoms with van der Waals surface area (Å²) in [5, 5.41) is 0. The molecule has 1 N–H and O–H groups in total. The number of carbonyl (C=O) groups is 1. The molecule has 0 aromatic heterocycles. The zero-order valence-electron chi connectivity index (χ0n) is 8.42. The lowest BCUT2D eigenvalue weighted by atomic mass is 10.3. The molecule has 1 aromatic rings. The lowest BCUT2D eigenvalue weighted by Crippen LogP contribution is -2.37. The van der Waals surface area contributed by atoms with E-state index < -0.39 is 22.0 Å². The molecule has 2 rings (SSSR count). The number of hydrogen-bond acceptors (Lipinski definition) is 4. The van der Waals surface area contributed by atoms with Gasteiger partial charge in [0.05, 0.1) is 11.5 Å². The second kappa shape index (κ2) is 4.23. The van der Waals surface area contributed by atoms with Crippen molar-refractivity contribution in [2.24, 2.45) is 0 Å². The van der Waals surface area contributed by atoms with Gasteiger partial charge in [0.2, 0.25) is 10.0 Å². The van der Waals surface area contributed by atoms with Crippen LogP contribution in [-0.4, -0.2) is 27.0 Å². The first-order valence-electron chi connectivity index (χ1n) is 4.83. The first kappa shape index (κ1) is 11.1. The van der Waals surface area contributed by atoms with Crippen molar-refractivity contribution in [1.82, 2.24) is 4.72 Å². The van der Waals surface area contributed by atoms with Crippen molar-refractivity contribution in [2.75, 3.05) is 6.61 Å². The highest BCUT2D eigenvalue weighted by molar-refractivity contribution is 7.89. The Kier molecular flexibility index (Phi) is 2.93. The van der Waals surface area contributed by atoms with Gasteiger partial charge >= 0.3 is 5.97 Å². The quantitative estimate of drug-likeness (QED) is 0.771. The van der Waals surface area contributed by atoms with Crippen LogP contribution in [0.3, 0.4) is 0 Å². The first-order valence-corrected chi connectivity index (χ1v) is 6.32. The summed E-state index contributed by atoms with van der Waals surface area (Å²) in [6, 6.07) is 7.17. The Hall–Kier alpha value is -1.40. The van der Waals surface area contributed by atoms with Gasteiger partial charge in [0.15, 0.2) is 0 Å². The van der Waals surface area contributed by atoms with Gasteiger partial charge in [-0.25, -0.2) is 8.42 Å². The summed E-state index contributed by atoms with van der Waals surface area (Å²) in [6.07, 6.45) is 0.380. The first-order chi connectivity index (χ1) is 7.59. The summed E-state index contributed by atoms with van der Waals surface area (Å²) in [7, 11) is -3.63. The fraction of sp³-hybridized carbons (Fsp3) is 0.300. The van der Waals surface area contributed by atoms with Crippen LogP contribution in [0, 0.1) is 0 Å². The second-order valence-corrected chi connectivity index (χ2v) is 5.16. The Balaban J connectivity index is 2.18. The molecule has 6 heteroatoms. The standard InChI is InChI=1S/C10H11NO4S/c12-10-9(6-7-15-10)11-16(13,14)8-4-2-1-3-5-8/h1-5,9,11H,6-7H2. The molecule has 1 unspecified atom stereocenters. The largest absolute Gasteiger partial charge is 0.464 e. The van der Waals surface area contributed by atoms with E-state index in [9.17, 15) is 13.2 Å². The zero-order chi connectivity index (χ0) is 11.6. The Morgan fingerprint density at radius 3 is 2.50 bits per heavy atom. The molecule has 1 saturated heterocycles. The van der Waals surface area contributed by atoms with Crippen LogP contribution < -0.4 is 4.72 Å². The average molecular weight is 241 g/mol. The molecule has 5 nitrogen and oxygen atoms in total. The van der Waals surface area contributed by atoms with Gasteiger partial charge in [-0.05, 0) is 12.1 Å². The van der Waals surface area contributed by atoms with E-state index >= 15 is 0 Å². The summed E-state index contributed by atoms with van der Waals surface area (Å²) in [5.41, 5.74) is 0. The van der Waals surface area contributed by atoms with Gasteiger partial charge in [0.1, 0.15) is 6.04 Å². The minimum atomic E-state index is -3.63. The molecule has 1 aromatic carbocycles. The van der Waals surface area contributed by atoms with Gasteiger partial charge in [-0.1, -0.05) is 18.2 Å². The lowest BCUT2D eigenvalue weighted by Gasteiger charge is -2.09. The van der Waals surface area contributed by atoms with Crippen molar-refractivity contribution in [3.63, 3.8) is 0 Å². The number of rotatable bonds is 3. The molecule has 1 aliphatic rings. The molecule has 0 radical (unpaired) electrons. The van der Waals surface area contributed by atoms with Crippen LogP contribution >= 0.6 is 0 Å². The highest BCUT2D eigenvalue weighted by atomic mass is 32.2. The minimum absolute atomic E-state index is 0.148. The Morgan fingerprint density at radius 1 is 1.25 bits per heavy atom. The maximum Gasteiger partial charge on any atom is 0.324 e. The van der Waals surface area contributed by atoms with Gasteiger partial charge in [0, 0.05) is 6.42 Å². The molecule has 86 valence electrons. The number of sulfonamides is 1. The predicted octanol–water partition coefficient (Wildman–Crippen LogP) is 0.280. The van der Waals surface area contributed by atoms with E-state index in [0.717, 1.165) is 0 Å². The highest BCUT2D eigenvalue weighted by Crippen LogP contribution is 2.12. The van der Waals surface area contributed by atoms with Gasteiger partial charge in [-0.2, -0.15) is 4.72 Å². The Labute approximate surface area is 93.5 Å². The highest BCUT2D eigenvalue weighted by Gasteiger charge is 2.30.